The van der Waals surface area contributed by atoms with Crippen LogP contribution in [0.2, 0.25) is 0 Å². The predicted octanol–water partition coefficient (Wildman–Crippen LogP) is 3.49. The Morgan fingerprint density at radius 3 is 2.89 bits per heavy atom. The third kappa shape index (κ3) is 2.71. The van der Waals surface area contributed by atoms with E-state index >= 15 is 0 Å². The Morgan fingerprint density at radius 2 is 2.17 bits per heavy atom. The maximum atomic E-state index is 11.3. The highest BCUT2D eigenvalue weighted by Crippen LogP contribution is 2.31. The SMILES string of the molecule is CCCCNCc1c(C(=O)O)sc2ccccc12. The van der Waals surface area contributed by atoms with E-state index in [1.807, 2.05) is 24.3 Å². The molecule has 3 nitrogen and oxygen atoms in total. The number of unbranched alkanes of at least 4 members (excludes halogenated alkanes) is 1. The van der Waals surface area contributed by atoms with Crippen molar-refractivity contribution in [2.75, 3.05) is 6.54 Å². The van der Waals surface area contributed by atoms with Gasteiger partial charge in [-0.15, -0.1) is 11.3 Å². The highest BCUT2D eigenvalue weighted by Gasteiger charge is 2.16. The number of carboxylic acid groups (broad SMARTS) is 1. The molecule has 4 heteroatoms. The first-order valence-corrected chi connectivity index (χ1v) is 7.00. The van der Waals surface area contributed by atoms with Gasteiger partial charge in [0, 0.05) is 11.2 Å². The minimum absolute atomic E-state index is 0.459. The summed E-state index contributed by atoms with van der Waals surface area (Å²) in [4.78, 5) is 11.7. The molecule has 0 spiro atoms. The fourth-order valence-electron chi connectivity index (χ4n) is 1.96. The summed E-state index contributed by atoms with van der Waals surface area (Å²) in [6.07, 6.45) is 2.26. The van der Waals surface area contributed by atoms with Gasteiger partial charge in [0.2, 0.25) is 0 Å². The smallest absolute Gasteiger partial charge is 0.346 e. The zero-order valence-electron chi connectivity index (χ0n) is 10.4. The first-order chi connectivity index (χ1) is 8.74. The number of fused-ring (bicyclic) bond motifs is 1. The van der Waals surface area contributed by atoms with E-state index in [0.717, 1.165) is 35.0 Å². The normalized spacial score (nSPS) is 10.9. The van der Waals surface area contributed by atoms with E-state index in [9.17, 15) is 9.90 Å². The molecular weight excluding hydrogens is 246 g/mol. The van der Waals surface area contributed by atoms with Gasteiger partial charge in [0.25, 0.3) is 0 Å². The molecular formula is C14H17NO2S. The average molecular weight is 263 g/mol. The highest BCUT2D eigenvalue weighted by molar-refractivity contribution is 7.21. The highest BCUT2D eigenvalue weighted by atomic mass is 32.1. The molecule has 0 radical (unpaired) electrons. The van der Waals surface area contributed by atoms with Gasteiger partial charge in [-0.1, -0.05) is 31.5 Å². The van der Waals surface area contributed by atoms with Gasteiger partial charge in [0.15, 0.2) is 0 Å². The molecule has 0 aliphatic heterocycles. The van der Waals surface area contributed by atoms with Crippen molar-refractivity contribution < 1.29 is 9.90 Å². The van der Waals surface area contributed by atoms with Gasteiger partial charge >= 0.3 is 5.97 Å². The summed E-state index contributed by atoms with van der Waals surface area (Å²) >= 11 is 1.36. The number of aromatic carboxylic acids is 1. The molecule has 0 aliphatic carbocycles. The Labute approximate surface area is 110 Å². The number of thiophene rings is 1. The molecule has 2 N–H and O–H groups in total. The number of benzene rings is 1. The van der Waals surface area contributed by atoms with Crippen molar-refractivity contribution in [1.82, 2.24) is 5.32 Å². The molecule has 1 aromatic heterocycles. The van der Waals surface area contributed by atoms with Crippen molar-refractivity contribution in [3.05, 3.63) is 34.7 Å². The number of nitrogens with one attached hydrogen (secondary N) is 1. The molecule has 18 heavy (non-hydrogen) atoms. The van der Waals surface area contributed by atoms with Crippen LogP contribution in [0.4, 0.5) is 0 Å². The number of carboxylic acids is 1. The van der Waals surface area contributed by atoms with Crippen LogP contribution in [0.25, 0.3) is 10.1 Å². The first-order valence-electron chi connectivity index (χ1n) is 6.18. The Morgan fingerprint density at radius 1 is 1.39 bits per heavy atom. The molecule has 2 aromatic rings. The van der Waals surface area contributed by atoms with Gasteiger partial charge in [-0.2, -0.15) is 0 Å². The number of rotatable bonds is 6. The van der Waals surface area contributed by atoms with Crippen LogP contribution < -0.4 is 5.32 Å². The van der Waals surface area contributed by atoms with Crippen LogP contribution in [0.3, 0.4) is 0 Å². The van der Waals surface area contributed by atoms with E-state index in [0.29, 0.717) is 11.4 Å². The van der Waals surface area contributed by atoms with E-state index in [1.54, 1.807) is 0 Å². The summed E-state index contributed by atoms with van der Waals surface area (Å²) in [5.41, 5.74) is 0.916. The van der Waals surface area contributed by atoms with Gasteiger partial charge in [0.05, 0.1) is 0 Å². The fourth-order valence-corrected chi connectivity index (χ4v) is 3.02. The second kappa shape index (κ2) is 5.98. The van der Waals surface area contributed by atoms with E-state index < -0.39 is 5.97 Å². The fraction of sp³-hybridized carbons (Fsp3) is 0.357. The molecule has 0 atom stereocenters. The molecule has 0 fully saturated rings. The van der Waals surface area contributed by atoms with Crippen molar-refractivity contribution in [3.63, 3.8) is 0 Å². The molecule has 0 unspecified atom stereocenters. The summed E-state index contributed by atoms with van der Waals surface area (Å²) < 4.78 is 1.04. The number of hydrogen-bond donors (Lipinski definition) is 2. The largest absolute Gasteiger partial charge is 0.477 e. The van der Waals surface area contributed by atoms with Crippen molar-refractivity contribution >= 4 is 27.4 Å². The Hall–Kier alpha value is -1.39. The lowest BCUT2D eigenvalue weighted by Crippen LogP contribution is -2.15. The summed E-state index contributed by atoms with van der Waals surface area (Å²) in [5.74, 6) is -0.830. The molecule has 0 amide bonds. The van der Waals surface area contributed by atoms with Crippen LogP contribution in [-0.4, -0.2) is 17.6 Å². The monoisotopic (exact) mass is 263 g/mol. The van der Waals surface area contributed by atoms with Crippen LogP contribution >= 0.6 is 11.3 Å². The lowest BCUT2D eigenvalue weighted by atomic mass is 10.1. The Balaban J connectivity index is 2.27. The maximum absolute atomic E-state index is 11.3. The van der Waals surface area contributed by atoms with Crippen LogP contribution in [0.5, 0.6) is 0 Å². The third-order valence-corrected chi connectivity index (χ3v) is 4.10. The van der Waals surface area contributed by atoms with Crippen molar-refractivity contribution in [3.8, 4) is 0 Å². The van der Waals surface area contributed by atoms with Crippen LogP contribution in [0.15, 0.2) is 24.3 Å². The van der Waals surface area contributed by atoms with E-state index in [2.05, 4.69) is 12.2 Å². The van der Waals surface area contributed by atoms with Gasteiger partial charge in [-0.25, -0.2) is 4.79 Å². The minimum Gasteiger partial charge on any atom is -0.477 e. The number of hydrogen-bond acceptors (Lipinski definition) is 3. The standard InChI is InChI=1S/C14H17NO2S/c1-2-3-8-15-9-11-10-6-4-5-7-12(10)18-13(11)14(16)17/h4-7,15H,2-3,8-9H2,1H3,(H,16,17). The van der Waals surface area contributed by atoms with Crippen molar-refractivity contribution in [2.45, 2.75) is 26.3 Å². The van der Waals surface area contributed by atoms with Crippen LogP contribution in [-0.2, 0) is 6.54 Å². The molecule has 0 saturated heterocycles. The van der Waals surface area contributed by atoms with E-state index in [4.69, 9.17) is 0 Å². The molecule has 1 heterocycles. The summed E-state index contributed by atoms with van der Waals surface area (Å²) in [6.45, 7) is 3.70. The van der Waals surface area contributed by atoms with Crippen LogP contribution in [0.1, 0.15) is 35.0 Å². The minimum atomic E-state index is -0.830. The summed E-state index contributed by atoms with van der Waals surface area (Å²) in [5, 5.41) is 13.6. The molecule has 96 valence electrons. The van der Waals surface area contributed by atoms with Gasteiger partial charge < -0.3 is 10.4 Å². The number of carbonyl (C=O) groups is 1. The van der Waals surface area contributed by atoms with Gasteiger partial charge in [0.1, 0.15) is 4.88 Å². The molecule has 0 saturated carbocycles. The Bertz CT molecular complexity index is 548. The summed E-state index contributed by atoms with van der Waals surface area (Å²) in [6, 6.07) is 7.87. The Kier molecular flexibility index (Phi) is 4.33. The maximum Gasteiger partial charge on any atom is 0.346 e. The third-order valence-electron chi connectivity index (χ3n) is 2.90. The predicted molar refractivity (Wildman–Crippen MR) is 75.4 cm³/mol. The lowest BCUT2D eigenvalue weighted by Gasteiger charge is -2.04. The zero-order valence-corrected chi connectivity index (χ0v) is 11.2. The molecule has 1 aromatic carbocycles. The zero-order chi connectivity index (χ0) is 13.0. The van der Waals surface area contributed by atoms with Gasteiger partial charge in [-0.3, -0.25) is 0 Å². The van der Waals surface area contributed by atoms with Crippen molar-refractivity contribution in [2.24, 2.45) is 0 Å². The van der Waals surface area contributed by atoms with Gasteiger partial charge in [-0.05, 0) is 30.0 Å². The van der Waals surface area contributed by atoms with E-state index in [-0.39, 0.29) is 0 Å². The molecule has 0 bridgehead atoms. The second-order valence-corrected chi connectivity index (χ2v) is 5.29. The first kappa shape index (κ1) is 13.1. The van der Waals surface area contributed by atoms with Crippen LogP contribution in [0, 0.1) is 0 Å². The topological polar surface area (TPSA) is 49.3 Å². The average Bonchev–Trinajstić information content (AvgIpc) is 2.74. The lowest BCUT2D eigenvalue weighted by molar-refractivity contribution is 0.0701. The summed E-state index contributed by atoms with van der Waals surface area (Å²) in [7, 11) is 0. The second-order valence-electron chi connectivity index (χ2n) is 4.24. The van der Waals surface area contributed by atoms with Crippen molar-refractivity contribution in [1.29, 1.82) is 0 Å². The quantitative estimate of drug-likeness (QED) is 0.784. The molecule has 2 rings (SSSR count). The van der Waals surface area contributed by atoms with E-state index in [1.165, 1.54) is 11.3 Å². The molecule has 0 aliphatic rings.